The zero-order chi connectivity index (χ0) is 45.4. The molecule has 4 nitrogen and oxygen atoms in total. The van der Waals surface area contributed by atoms with Gasteiger partial charge in [-0.05, 0) is 337 Å². The molecule has 28 aromatic rings. The van der Waals surface area contributed by atoms with E-state index in [1.807, 2.05) is 0 Å². The Kier molecular flexibility index (Phi) is 2.58. The summed E-state index contributed by atoms with van der Waals surface area (Å²) in [4.78, 5) is 29.8. The molecular formula is C71H12O4. The summed E-state index contributed by atoms with van der Waals surface area (Å²) in [5.41, 5.74) is 10.2. The second-order valence-corrected chi connectivity index (χ2v) is 27.0. The van der Waals surface area contributed by atoms with Crippen LogP contribution in [0.15, 0.2) is 11.1 Å². The normalized spacial score (nSPS) is 21.5. The molecule has 0 fully saturated rings. The van der Waals surface area contributed by atoms with Crippen LogP contribution in [-0.2, 0) is 19.1 Å². The highest BCUT2D eigenvalue weighted by molar-refractivity contribution is 6.82. The van der Waals surface area contributed by atoms with Crippen LogP contribution < -0.4 is 0 Å². The van der Waals surface area contributed by atoms with Crippen LogP contribution in [0, 0.1) is 5.41 Å². The van der Waals surface area contributed by atoms with Gasteiger partial charge in [-0.1, -0.05) is 11.1 Å². The molecule has 0 aliphatic heterocycles. The monoisotopic (exact) mass is 928 g/mol. The molecule has 75 heavy (non-hydrogen) atoms. The van der Waals surface area contributed by atoms with Gasteiger partial charge in [0.2, 0.25) is 0 Å². The molecule has 0 spiro atoms. The summed E-state index contributed by atoms with van der Waals surface area (Å²) >= 11 is 0. The van der Waals surface area contributed by atoms with E-state index in [1.54, 1.807) is 237 Å². The van der Waals surface area contributed by atoms with Crippen LogP contribution in [0.3, 0.4) is 0 Å². The Bertz CT molecular complexity index is 7420. The molecule has 4 heteroatoms. The summed E-state index contributed by atoms with van der Waals surface area (Å²) in [5.74, 6) is -1.12. The van der Waals surface area contributed by atoms with Crippen LogP contribution in [0.25, 0.3) is 302 Å². The van der Waals surface area contributed by atoms with E-state index in [1.165, 1.54) is 113 Å². The minimum Gasteiger partial charge on any atom is -0.468 e. The number of benzene rings is 18. The van der Waals surface area contributed by atoms with E-state index < -0.39 is 17.4 Å². The van der Waals surface area contributed by atoms with Crippen molar-refractivity contribution in [2.75, 3.05) is 14.2 Å². The standard InChI is InChI=1S/C71H12O4/c1-74-69(72)71(70(73)75-2)3-5-6(4-71)8-10-9-7(5)11-15-20-14(10)22-18-12(8)16-19-13(9)21-17(11)25-31-23(15)33-28(20)38-30(22)40-36-26(18)32-24(16)34-27(19)37-29(21)39-35(25)45-41(31)51-43(33)53-48(38)50(40)58-56-46(36)42(32)52-44(34)54-47(37)49(39)57-55(45)63-59(51)61(53)66(58)68-64(56)60(52)62(54)65(57)67(63)68/h7-8H,3-4H2,1-2H3. The summed E-state index contributed by atoms with van der Waals surface area (Å²) in [6.07, 6.45) is 0.648. The molecule has 320 valence electrons. The van der Waals surface area contributed by atoms with Gasteiger partial charge in [-0.25, -0.2) is 0 Å². The van der Waals surface area contributed by atoms with E-state index >= 15 is 0 Å². The zero-order valence-electron chi connectivity index (χ0n) is 38.7. The highest BCUT2D eigenvalue weighted by Gasteiger charge is 2.63. The lowest BCUT2D eigenvalue weighted by molar-refractivity contribution is -0.168. The molecule has 4 aliphatic rings. The lowest BCUT2D eigenvalue weighted by Crippen LogP contribution is -2.39. The molecule has 2 atom stereocenters. The van der Waals surface area contributed by atoms with Crippen molar-refractivity contribution >= 4 is 314 Å². The highest BCUT2D eigenvalue weighted by Crippen LogP contribution is 2.83. The SMILES string of the molecule is COC(=O)C1(C(=O)OC)CC2=C(C1)C1C3=C4c5c6c7c1c1c8c3c3c9c(c%10c5c5c%11c6c6c7c7c1c1c%12c8c8c3c3c9c9c%10c%10c5c5c%11c%11c6c6c7c1c1c7c%12c8c8c3c3c9c%10c9c5c5c%11c6c1c1c7c8c3c9c51)C24. The van der Waals surface area contributed by atoms with Crippen LogP contribution >= 0.6 is 0 Å². The van der Waals surface area contributed by atoms with Gasteiger partial charge >= 0.3 is 11.9 Å². The number of allylic oxidation sites excluding steroid dienone is 4. The second kappa shape index (κ2) is 6.69. The van der Waals surface area contributed by atoms with Crippen LogP contribution in [-0.4, -0.2) is 26.2 Å². The summed E-state index contributed by atoms with van der Waals surface area (Å²) in [6, 6.07) is 0. The number of carbonyl (C=O) groups is 2. The maximum atomic E-state index is 14.9. The quantitative estimate of drug-likeness (QED) is 0.0750. The molecule has 0 saturated carbocycles. The van der Waals surface area contributed by atoms with Crippen molar-refractivity contribution < 1.29 is 19.1 Å². The Balaban J connectivity index is 1.11. The second-order valence-electron chi connectivity index (χ2n) is 27.0. The van der Waals surface area contributed by atoms with Gasteiger partial charge < -0.3 is 9.47 Å². The largest absolute Gasteiger partial charge is 0.468 e. The van der Waals surface area contributed by atoms with Crippen molar-refractivity contribution in [3.8, 4) is 0 Å². The molecule has 0 bridgehead atoms. The number of esters is 2. The maximum Gasteiger partial charge on any atom is 0.323 e. The Morgan fingerprint density at radius 3 is 0.600 bits per heavy atom. The van der Waals surface area contributed by atoms with Crippen molar-refractivity contribution in [3.63, 3.8) is 0 Å². The molecule has 0 saturated heterocycles. The number of fused-ring (bicyclic) bond motifs is 14. The first-order valence-electron chi connectivity index (χ1n) is 27.5. The van der Waals surface area contributed by atoms with Gasteiger partial charge in [-0.2, -0.15) is 0 Å². The van der Waals surface area contributed by atoms with Crippen LogP contribution in [0.4, 0.5) is 0 Å². The summed E-state index contributed by atoms with van der Waals surface area (Å²) < 4.78 is 11.6. The van der Waals surface area contributed by atoms with Crippen molar-refractivity contribution in [2.24, 2.45) is 5.41 Å². The Morgan fingerprint density at radius 1 is 0.267 bits per heavy atom. The van der Waals surface area contributed by atoms with Gasteiger partial charge in [-0.3, -0.25) is 9.59 Å². The molecule has 0 heterocycles. The van der Waals surface area contributed by atoms with Crippen molar-refractivity contribution in [3.05, 3.63) is 33.4 Å². The van der Waals surface area contributed by atoms with Gasteiger partial charge in [0.25, 0.3) is 0 Å². The third kappa shape index (κ3) is 1.63. The minimum atomic E-state index is -1.46. The van der Waals surface area contributed by atoms with Crippen molar-refractivity contribution in [1.29, 1.82) is 0 Å². The van der Waals surface area contributed by atoms with E-state index in [0.29, 0.717) is 12.8 Å². The van der Waals surface area contributed by atoms with Crippen LogP contribution in [0.2, 0.25) is 0 Å². The average molecular weight is 929 g/mol. The lowest BCUT2D eigenvalue weighted by atomic mass is 9.61. The summed E-state index contributed by atoms with van der Waals surface area (Å²) in [6.45, 7) is 0. The van der Waals surface area contributed by atoms with Gasteiger partial charge in [-0.15, -0.1) is 0 Å². The van der Waals surface area contributed by atoms with Crippen molar-refractivity contribution in [2.45, 2.75) is 24.7 Å². The van der Waals surface area contributed by atoms with Gasteiger partial charge in [0.05, 0.1) is 14.2 Å². The molecule has 28 aromatic carbocycles. The van der Waals surface area contributed by atoms with E-state index in [4.69, 9.17) is 9.47 Å². The molecule has 2 unspecified atom stereocenters. The number of rotatable bonds is 2. The van der Waals surface area contributed by atoms with E-state index in [9.17, 15) is 9.59 Å². The molecule has 0 radical (unpaired) electrons. The Morgan fingerprint density at radius 2 is 0.427 bits per heavy atom. The summed E-state index contributed by atoms with van der Waals surface area (Å²) in [5, 5.41) is 84.5. The number of ether oxygens (including phenoxy) is 2. The first-order chi connectivity index (χ1) is 37.2. The molecule has 0 N–H and O–H groups in total. The first kappa shape index (κ1) is 28.9. The van der Waals surface area contributed by atoms with Crippen molar-refractivity contribution in [1.82, 2.24) is 0 Å². The number of hydrogen-bond donors (Lipinski definition) is 0. The fourth-order valence-electron chi connectivity index (χ4n) is 26.1. The van der Waals surface area contributed by atoms with E-state index in [-0.39, 0.29) is 11.8 Å². The molecule has 32 rings (SSSR count). The molecule has 0 aromatic heterocycles. The fourth-order valence-corrected chi connectivity index (χ4v) is 26.1. The third-order valence-electron chi connectivity index (χ3n) is 26.6. The fraction of sp³-hybridized carbons (Fsp3) is 0.0986. The van der Waals surface area contributed by atoms with E-state index in [2.05, 4.69) is 0 Å². The van der Waals surface area contributed by atoms with Gasteiger partial charge in [0.1, 0.15) is 0 Å². The number of carbonyl (C=O) groups excluding carboxylic acids is 2. The molecule has 0 amide bonds. The lowest BCUT2D eigenvalue weighted by Gasteiger charge is -2.41. The molecular weight excluding hydrogens is 917 g/mol. The van der Waals surface area contributed by atoms with Gasteiger partial charge in [0, 0.05) is 11.8 Å². The minimum absolute atomic E-state index is 0.106. The Hall–Kier alpha value is -9.12. The smallest absolute Gasteiger partial charge is 0.323 e. The zero-order valence-corrected chi connectivity index (χ0v) is 38.7. The Labute approximate surface area is 408 Å². The average Bonchev–Trinajstić information content (AvgIpc) is 2.02. The predicted octanol–water partition coefficient (Wildman–Crippen LogP) is 17.9. The van der Waals surface area contributed by atoms with Crippen LogP contribution in [0.1, 0.15) is 46.9 Å². The summed E-state index contributed by atoms with van der Waals surface area (Å²) in [7, 11) is 2.95. The topological polar surface area (TPSA) is 52.6 Å². The van der Waals surface area contributed by atoms with E-state index in [0.717, 1.165) is 0 Å². The molecule has 4 aliphatic carbocycles. The van der Waals surface area contributed by atoms with Crippen LogP contribution in [0.5, 0.6) is 0 Å². The third-order valence-corrected chi connectivity index (χ3v) is 26.6. The maximum absolute atomic E-state index is 14.9. The number of methoxy groups -OCH3 is 2. The van der Waals surface area contributed by atoms with Gasteiger partial charge in [0.15, 0.2) is 5.41 Å². The highest BCUT2D eigenvalue weighted by atomic mass is 16.5. The first-order valence-corrected chi connectivity index (χ1v) is 27.5. The predicted molar refractivity (Wildman–Crippen MR) is 307 cm³/mol. The number of hydrogen-bond acceptors (Lipinski definition) is 4.